The van der Waals surface area contributed by atoms with Gasteiger partial charge >= 0.3 is 0 Å². The summed E-state index contributed by atoms with van der Waals surface area (Å²) >= 11 is 0. The van der Waals surface area contributed by atoms with Crippen molar-refractivity contribution < 1.29 is 9.47 Å². The molecule has 0 aliphatic rings. The molecule has 0 saturated carbocycles. The Morgan fingerprint density at radius 3 is 2.18 bits per heavy atom. The molecule has 0 bridgehead atoms. The molecule has 1 aromatic carbocycles. The van der Waals surface area contributed by atoms with Crippen LogP contribution in [0.2, 0.25) is 0 Å². The molecule has 0 saturated heterocycles. The van der Waals surface area contributed by atoms with Gasteiger partial charge in [0.05, 0.1) is 20.1 Å². The van der Waals surface area contributed by atoms with Crippen LogP contribution in [0.1, 0.15) is 6.92 Å². The quantitative estimate of drug-likeness (QED) is 0.468. The number of hydrogen-bond donors (Lipinski definition) is 2. The van der Waals surface area contributed by atoms with Crippen LogP contribution in [0.15, 0.2) is 22.1 Å². The Kier molecular flexibility index (Phi) is 4.33. The highest BCUT2D eigenvalue weighted by Crippen LogP contribution is 2.39. The monoisotopic (exact) mass is 236 g/mol. The summed E-state index contributed by atoms with van der Waals surface area (Å²) in [6, 6.07) is 3.32. The first-order valence-electron chi connectivity index (χ1n) is 4.92. The largest absolute Gasteiger partial charge is 0.494 e. The lowest BCUT2D eigenvalue weighted by Gasteiger charge is -2.10. The number of aliphatic imine (C=N–C) groups is 2. The lowest BCUT2D eigenvalue weighted by Crippen LogP contribution is -2.04. The molecule has 92 valence electrons. The maximum absolute atomic E-state index is 5.70. The fourth-order valence-corrected chi connectivity index (χ4v) is 1.22. The van der Waals surface area contributed by atoms with Gasteiger partial charge in [0.15, 0.2) is 0 Å². The zero-order valence-electron chi connectivity index (χ0n) is 10.1. The zero-order chi connectivity index (χ0) is 12.8. The highest BCUT2D eigenvalue weighted by Gasteiger charge is 2.09. The normalized spacial score (nSPS) is 11.8. The Morgan fingerprint density at radius 2 is 1.76 bits per heavy atom. The van der Waals surface area contributed by atoms with Crippen LogP contribution in [0.5, 0.6) is 11.5 Å². The number of nitrogens with two attached hydrogens (primary N) is 2. The van der Waals surface area contributed by atoms with E-state index in [1.165, 1.54) is 20.6 Å². The van der Waals surface area contributed by atoms with Gasteiger partial charge < -0.3 is 20.9 Å². The summed E-state index contributed by atoms with van der Waals surface area (Å²) in [5.74, 6) is 1.45. The highest BCUT2D eigenvalue weighted by molar-refractivity contribution is 5.86. The first-order chi connectivity index (χ1) is 8.08. The summed E-state index contributed by atoms with van der Waals surface area (Å²) in [4.78, 5) is 7.98. The van der Waals surface area contributed by atoms with E-state index in [0.29, 0.717) is 28.7 Å². The number of rotatable bonds is 4. The maximum atomic E-state index is 5.70. The van der Waals surface area contributed by atoms with Crippen molar-refractivity contribution in [3.05, 3.63) is 12.1 Å². The van der Waals surface area contributed by atoms with E-state index in [4.69, 9.17) is 20.9 Å². The van der Waals surface area contributed by atoms with Gasteiger partial charge in [0.25, 0.3) is 0 Å². The lowest BCUT2D eigenvalue weighted by atomic mass is 10.2. The van der Waals surface area contributed by atoms with Crippen molar-refractivity contribution in [1.82, 2.24) is 0 Å². The summed E-state index contributed by atoms with van der Waals surface area (Å²) in [7, 11) is 3.06. The van der Waals surface area contributed by atoms with Gasteiger partial charge in [-0.15, -0.1) is 0 Å². The number of ether oxygens (including phenoxy) is 2. The third kappa shape index (κ3) is 3.37. The van der Waals surface area contributed by atoms with E-state index >= 15 is 0 Å². The Labute approximate surface area is 100.0 Å². The number of methoxy groups -OCH3 is 2. The Bertz CT molecular complexity index is 426. The van der Waals surface area contributed by atoms with Gasteiger partial charge in [0.2, 0.25) is 0 Å². The van der Waals surface area contributed by atoms with Gasteiger partial charge in [0.1, 0.15) is 23.5 Å². The standard InChI is InChI=1S/C11H16N4O2/c1-7(12)14-6-15-11-9(16-2)4-8(13)5-10(11)17-3/h4-6H,13H2,1-3H3,(H2,12,14,15). The molecule has 0 amide bonds. The number of hydrogen-bond acceptors (Lipinski definition) is 4. The summed E-state index contributed by atoms with van der Waals surface area (Å²) in [6.07, 6.45) is 1.34. The molecular formula is C11H16N4O2. The second-order valence-electron chi connectivity index (χ2n) is 3.29. The van der Waals surface area contributed by atoms with E-state index < -0.39 is 0 Å². The molecule has 0 aliphatic carbocycles. The van der Waals surface area contributed by atoms with Gasteiger partial charge in [-0.3, -0.25) is 0 Å². The van der Waals surface area contributed by atoms with E-state index in [-0.39, 0.29) is 0 Å². The van der Waals surface area contributed by atoms with Crippen molar-refractivity contribution in [2.45, 2.75) is 6.92 Å². The molecule has 0 radical (unpaired) electrons. The smallest absolute Gasteiger partial charge is 0.150 e. The summed E-state index contributed by atoms with van der Waals surface area (Å²) in [5.41, 5.74) is 12.2. The van der Waals surface area contributed by atoms with Crippen molar-refractivity contribution in [2.75, 3.05) is 20.0 Å². The van der Waals surface area contributed by atoms with E-state index in [2.05, 4.69) is 9.98 Å². The van der Waals surface area contributed by atoms with Crippen LogP contribution in [0.25, 0.3) is 0 Å². The third-order valence-electron chi connectivity index (χ3n) is 1.95. The summed E-state index contributed by atoms with van der Waals surface area (Å²) in [6.45, 7) is 1.67. The minimum absolute atomic E-state index is 0.419. The van der Waals surface area contributed by atoms with Gasteiger partial charge in [-0.1, -0.05) is 0 Å². The Hall–Kier alpha value is -2.24. The number of benzene rings is 1. The second-order valence-corrected chi connectivity index (χ2v) is 3.29. The minimum atomic E-state index is 0.419. The molecular weight excluding hydrogens is 220 g/mol. The molecule has 0 heterocycles. The Balaban J connectivity index is 3.20. The van der Waals surface area contributed by atoms with Crippen LogP contribution in [0.4, 0.5) is 11.4 Å². The van der Waals surface area contributed by atoms with E-state index in [9.17, 15) is 0 Å². The fourth-order valence-electron chi connectivity index (χ4n) is 1.22. The highest BCUT2D eigenvalue weighted by atomic mass is 16.5. The Morgan fingerprint density at radius 1 is 1.24 bits per heavy atom. The SMILES string of the molecule is COc1cc(N)cc(OC)c1N=CN=C(C)N. The van der Waals surface area contributed by atoms with Crippen molar-refractivity contribution in [2.24, 2.45) is 15.7 Å². The van der Waals surface area contributed by atoms with Crippen molar-refractivity contribution in [3.63, 3.8) is 0 Å². The summed E-state index contributed by atoms with van der Waals surface area (Å²) < 4.78 is 10.3. The molecule has 4 N–H and O–H groups in total. The van der Waals surface area contributed by atoms with Gasteiger partial charge in [-0.2, -0.15) is 0 Å². The molecule has 0 aromatic heterocycles. The predicted molar refractivity (Wildman–Crippen MR) is 69.4 cm³/mol. The molecule has 17 heavy (non-hydrogen) atoms. The molecule has 0 fully saturated rings. The molecule has 0 unspecified atom stereocenters. The molecule has 6 nitrogen and oxygen atoms in total. The zero-order valence-corrected chi connectivity index (χ0v) is 10.1. The number of nitrogens with zero attached hydrogens (tertiary/aromatic N) is 2. The molecule has 1 aromatic rings. The van der Waals surface area contributed by atoms with Gasteiger partial charge in [-0.25, -0.2) is 9.98 Å². The van der Waals surface area contributed by atoms with Crippen LogP contribution in [0, 0.1) is 0 Å². The lowest BCUT2D eigenvalue weighted by molar-refractivity contribution is 0.397. The molecule has 6 heteroatoms. The van der Waals surface area contributed by atoms with Crippen LogP contribution in [-0.4, -0.2) is 26.4 Å². The predicted octanol–water partition coefficient (Wildman–Crippen LogP) is 1.32. The fraction of sp³-hybridized carbons (Fsp3) is 0.273. The number of nitrogen functional groups attached to an aromatic ring is 1. The molecule has 0 atom stereocenters. The van der Waals surface area contributed by atoms with Crippen molar-refractivity contribution in [1.29, 1.82) is 0 Å². The summed E-state index contributed by atoms with van der Waals surface area (Å²) in [5, 5.41) is 0. The molecule has 0 spiro atoms. The average molecular weight is 236 g/mol. The minimum Gasteiger partial charge on any atom is -0.494 e. The van der Waals surface area contributed by atoms with E-state index in [1.807, 2.05) is 0 Å². The van der Waals surface area contributed by atoms with Crippen LogP contribution in [0.3, 0.4) is 0 Å². The van der Waals surface area contributed by atoms with Crippen LogP contribution < -0.4 is 20.9 Å². The first-order valence-corrected chi connectivity index (χ1v) is 4.92. The van der Waals surface area contributed by atoms with Gasteiger partial charge in [-0.05, 0) is 6.92 Å². The molecule has 1 rings (SSSR count). The van der Waals surface area contributed by atoms with Crippen molar-refractivity contribution in [3.8, 4) is 11.5 Å². The first kappa shape index (κ1) is 12.8. The number of amidine groups is 1. The van der Waals surface area contributed by atoms with Crippen LogP contribution >= 0.6 is 0 Å². The van der Waals surface area contributed by atoms with E-state index in [1.54, 1.807) is 19.1 Å². The van der Waals surface area contributed by atoms with Crippen molar-refractivity contribution >= 4 is 23.5 Å². The maximum Gasteiger partial charge on any atom is 0.150 e. The average Bonchev–Trinajstić information content (AvgIpc) is 2.29. The second kappa shape index (κ2) is 5.74. The van der Waals surface area contributed by atoms with Gasteiger partial charge in [0, 0.05) is 17.8 Å². The van der Waals surface area contributed by atoms with E-state index in [0.717, 1.165) is 0 Å². The topological polar surface area (TPSA) is 95.2 Å². The molecule has 0 aliphatic heterocycles. The third-order valence-corrected chi connectivity index (χ3v) is 1.95. The number of anilines is 1. The van der Waals surface area contributed by atoms with Crippen LogP contribution in [-0.2, 0) is 0 Å².